The molecule has 1 aliphatic rings. The molecule has 1 aromatic heterocycles. The van der Waals surface area contributed by atoms with Crippen molar-refractivity contribution in [3.05, 3.63) is 23.8 Å². The van der Waals surface area contributed by atoms with E-state index >= 15 is 0 Å². The van der Waals surface area contributed by atoms with E-state index in [0.717, 1.165) is 23.3 Å². The van der Waals surface area contributed by atoms with Crippen LogP contribution in [-0.2, 0) is 6.54 Å². The maximum absolute atomic E-state index is 4.41. The summed E-state index contributed by atoms with van der Waals surface area (Å²) < 4.78 is 0. The molecule has 0 unspecified atom stereocenters. The van der Waals surface area contributed by atoms with Crippen molar-refractivity contribution in [3.8, 4) is 0 Å². The molecule has 0 atom stereocenters. The molecule has 0 aliphatic heterocycles. The highest BCUT2D eigenvalue weighted by molar-refractivity contribution is 7.99. The molecule has 0 bridgehead atoms. The molecule has 2 rings (SSSR count). The van der Waals surface area contributed by atoms with Crippen molar-refractivity contribution in [1.82, 2.24) is 15.3 Å². The van der Waals surface area contributed by atoms with E-state index in [1.54, 1.807) is 0 Å². The van der Waals surface area contributed by atoms with E-state index in [0.29, 0.717) is 6.04 Å². The largest absolute Gasteiger partial charge is 0.308 e. The van der Waals surface area contributed by atoms with E-state index in [4.69, 9.17) is 0 Å². The van der Waals surface area contributed by atoms with Crippen molar-refractivity contribution in [3.63, 3.8) is 0 Å². The first kappa shape index (κ1) is 12.8. The van der Waals surface area contributed by atoms with Crippen LogP contribution < -0.4 is 5.32 Å². The molecule has 4 heteroatoms. The van der Waals surface area contributed by atoms with Crippen LogP contribution >= 0.6 is 11.8 Å². The third kappa shape index (κ3) is 3.96. The molecule has 1 fully saturated rings. The predicted octanol–water partition coefficient (Wildman–Crippen LogP) is 2.55. The van der Waals surface area contributed by atoms with E-state index in [-0.39, 0.29) is 0 Å². The Bertz CT molecular complexity index is 348. The van der Waals surface area contributed by atoms with Crippen molar-refractivity contribution < 1.29 is 0 Å². The molecule has 1 aromatic rings. The zero-order chi connectivity index (χ0) is 12.1. The Balaban J connectivity index is 1.76. The van der Waals surface area contributed by atoms with Crippen LogP contribution in [0.25, 0.3) is 0 Å². The van der Waals surface area contributed by atoms with Crippen LogP contribution in [0.4, 0.5) is 0 Å². The van der Waals surface area contributed by atoms with E-state index in [1.807, 2.05) is 30.9 Å². The van der Waals surface area contributed by atoms with Crippen LogP contribution in [0.1, 0.15) is 37.2 Å². The number of thioether (sulfide) groups is 1. The normalized spacial score (nSPS) is 24.8. The number of aromatic nitrogens is 2. The monoisotopic (exact) mass is 251 g/mol. The average molecular weight is 251 g/mol. The first-order chi connectivity index (χ1) is 8.28. The lowest BCUT2D eigenvalue weighted by molar-refractivity contribution is 0.377. The van der Waals surface area contributed by atoms with Crippen LogP contribution in [0.3, 0.4) is 0 Å². The highest BCUT2D eigenvalue weighted by Gasteiger charge is 2.19. The van der Waals surface area contributed by atoms with Gasteiger partial charge in [-0.05, 0) is 44.9 Å². The van der Waals surface area contributed by atoms with E-state index in [2.05, 4.69) is 21.5 Å². The first-order valence-electron chi connectivity index (χ1n) is 6.32. The summed E-state index contributed by atoms with van der Waals surface area (Å²) in [5, 5.41) is 4.49. The second-order valence-corrected chi connectivity index (χ2v) is 5.82. The maximum Gasteiger partial charge on any atom is 0.125 e. The standard InChI is InChI=1S/C13H21N3S/c1-10-14-8-7-12(16-10)9-15-11-3-5-13(17-2)6-4-11/h7-8,11,13,15H,3-6,9H2,1-2H3. The van der Waals surface area contributed by atoms with Crippen molar-refractivity contribution >= 4 is 11.8 Å². The first-order valence-corrected chi connectivity index (χ1v) is 7.61. The van der Waals surface area contributed by atoms with Gasteiger partial charge in [0, 0.05) is 24.0 Å². The summed E-state index contributed by atoms with van der Waals surface area (Å²) >= 11 is 2.02. The molecule has 0 amide bonds. The van der Waals surface area contributed by atoms with Gasteiger partial charge in [0.25, 0.3) is 0 Å². The van der Waals surface area contributed by atoms with Crippen molar-refractivity contribution in [2.75, 3.05) is 6.26 Å². The lowest BCUT2D eigenvalue weighted by atomic mass is 9.95. The van der Waals surface area contributed by atoms with Crippen LogP contribution in [0, 0.1) is 6.92 Å². The zero-order valence-electron chi connectivity index (χ0n) is 10.6. The van der Waals surface area contributed by atoms with Gasteiger partial charge in [-0.25, -0.2) is 9.97 Å². The van der Waals surface area contributed by atoms with Crippen molar-refractivity contribution in [2.24, 2.45) is 0 Å². The second kappa shape index (κ2) is 6.36. The smallest absolute Gasteiger partial charge is 0.125 e. The van der Waals surface area contributed by atoms with Gasteiger partial charge in [0.2, 0.25) is 0 Å². The van der Waals surface area contributed by atoms with Gasteiger partial charge in [-0.1, -0.05) is 0 Å². The molecule has 94 valence electrons. The van der Waals surface area contributed by atoms with Crippen LogP contribution in [0.15, 0.2) is 12.3 Å². The van der Waals surface area contributed by atoms with Gasteiger partial charge in [-0.2, -0.15) is 11.8 Å². The Morgan fingerprint density at radius 1 is 1.35 bits per heavy atom. The number of rotatable bonds is 4. The van der Waals surface area contributed by atoms with Crippen molar-refractivity contribution in [1.29, 1.82) is 0 Å². The minimum atomic E-state index is 0.675. The quantitative estimate of drug-likeness (QED) is 0.892. The van der Waals surface area contributed by atoms with Gasteiger partial charge in [0.05, 0.1) is 5.69 Å². The van der Waals surface area contributed by atoms with Crippen LogP contribution in [0.5, 0.6) is 0 Å². The molecular weight excluding hydrogens is 230 g/mol. The number of nitrogens with zero attached hydrogens (tertiary/aromatic N) is 2. The second-order valence-electron chi connectivity index (χ2n) is 4.69. The fourth-order valence-corrected chi connectivity index (χ4v) is 3.10. The number of hydrogen-bond acceptors (Lipinski definition) is 4. The lowest BCUT2D eigenvalue weighted by Gasteiger charge is -2.28. The molecule has 1 aliphatic carbocycles. The predicted molar refractivity (Wildman–Crippen MR) is 73.2 cm³/mol. The summed E-state index contributed by atoms with van der Waals surface area (Å²) in [6.45, 7) is 2.81. The molecule has 17 heavy (non-hydrogen) atoms. The number of hydrogen-bond donors (Lipinski definition) is 1. The highest BCUT2D eigenvalue weighted by atomic mass is 32.2. The van der Waals surface area contributed by atoms with Gasteiger partial charge in [0.15, 0.2) is 0 Å². The minimum absolute atomic E-state index is 0.675. The minimum Gasteiger partial charge on any atom is -0.308 e. The Morgan fingerprint density at radius 3 is 2.76 bits per heavy atom. The maximum atomic E-state index is 4.41. The summed E-state index contributed by atoms with van der Waals surface area (Å²) in [6, 6.07) is 2.67. The van der Waals surface area contributed by atoms with Gasteiger partial charge < -0.3 is 5.32 Å². The van der Waals surface area contributed by atoms with Crippen LogP contribution in [-0.4, -0.2) is 27.5 Å². The van der Waals surface area contributed by atoms with E-state index < -0.39 is 0 Å². The molecular formula is C13H21N3S. The van der Waals surface area contributed by atoms with Gasteiger partial charge >= 0.3 is 0 Å². The van der Waals surface area contributed by atoms with Crippen molar-refractivity contribution in [2.45, 2.75) is 50.4 Å². The molecule has 0 spiro atoms. The summed E-state index contributed by atoms with van der Waals surface area (Å²) in [7, 11) is 0. The van der Waals surface area contributed by atoms with E-state index in [9.17, 15) is 0 Å². The lowest BCUT2D eigenvalue weighted by Crippen LogP contribution is -2.33. The Kier molecular flexibility index (Phi) is 4.80. The van der Waals surface area contributed by atoms with Gasteiger partial charge in [0.1, 0.15) is 5.82 Å². The fraction of sp³-hybridized carbons (Fsp3) is 0.692. The van der Waals surface area contributed by atoms with Crippen LogP contribution in [0.2, 0.25) is 0 Å². The van der Waals surface area contributed by atoms with E-state index in [1.165, 1.54) is 25.7 Å². The topological polar surface area (TPSA) is 37.8 Å². The van der Waals surface area contributed by atoms with Gasteiger partial charge in [-0.3, -0.25) is 0 Å². The Hall–Kier alpha value is -0.610. The Morgan fingerprint density at radius 2 is 2.12 bits per heavy atom. The molecule has 0 saturated heterocycles. The highest BCUT2D eigenvalue weighted by Crippen LogP contribution is 2.26. The molecule has 1 saturated carbocycles. The van der Waals surface area contributed by atoms with Gasteiger partial charge in [-0.15, -0.1) is 0 Å². The molecule has 3 nitrogen and oxygen atoms in total. The molecule has 1 heterocycles. The third-order valence-corrected chi connectivity index (χ3v) is 4.55. The molecule has 1 N–H and O–H groups in total. The summed E-state index contributed by atoms with van der Waals surface area (Å²) in [5.41, 5.74) is 1.10. The SMILES string of the molecule is CSC1CCC(NCc2ccnc(C)n2)CC1. The number of aryl methyl sites for hydroxylation is 1. The third-order valence-electron chi connectivity index (χ3n) is 3.41. The zero-order valence-corrected chi connectivity index (χ0v) is 11.5. The molecule has 0 radical (unpaired) electrons. The average Bonchev–Trinajstić information content (AvgIpc) is 2.37. The Labute approximate surface area is 108 Å². The summed E-state index contributed by atoms with van der Waals surface area (Å²) in [4.78, 5) is 8.52. The summed E-state index contributed by atoms with van der Waals surface area (Å²) in [5.74, 6) is 0.857. The fourth-order valence-electron chi connectivity index (χ4n) is 2.36. The summed E-state index contributed by atoms with van der Waals surface area (Å²) in [6.07, 6.45) is 9.36. The molecule has 0 aromatic carbocycles. The number of nitrogens with one attached hydrogen (secondary N) is 1.